The number of rotatable bonds is 4. The molecule has 1 saturated heterocycles. The molecule has 0 aromatic rings. The smallest absolute Gasteiger partial charge is 0.223 e. The summed E-state index contributed by atoms with van der Waals surface area (Å²) in [5.41, 5.74) is -0.617. The molecule has 1 amide bonds. The van der Waals surface area contributed by atoms with Crippen molar-refractivity contribution in [1.82, 2.24) is 5.32 Å². The van der Waals surface area contributed by atoms with E-state index in [1.54, 1.807) is 6.92 Å². The van der Waals surface area contributed by atoms with Crippen LogP contribution in [0.3, 0.4) is 0 Å². The largest absolute Gasteiger partial charge is 0.390 e. The van der Waals surface area contributed by atoms with Gasteiger partial charge in [-0.1, -0.05) is 0 Å². The minimum Gasteiger partial charge on any atom is -0.390 e. The topological polar surface area (TPSA) is 58.6 Å². The van der Waals surface area contributed by atoms with Crippen LogP contribution < -0.4 is 5.32 Å². The molecule has 1 saturated carbocycles. The summed E-state index contributed by atoms with van der Waals surface area (Å²) in [5.74, 6) is 0.101. The van der Waals surface area contributed by atoms with E-state index < -0.39 is 5.60 Å². The molecule has 2 fully saturated rings. The summed E-state index contributed by atoms with van der Waals surface area (Å²) in [4.78, 5) is 11.7. The lowest BCUT2D eigenvalue weighted by molar-refractivity contribution is -0.139. The third-order valence-corrected chi connectivity index (χ3v) is 3.78. The Bertz CT molecular complexity index is 264. The first-order chi connectivity index (χ1) is 8.07. The van der Waals surface area contributed by atoms with E-state index >= 15 is 0 Å². The van der Waals surface area contributed by atoms with Crippen LogP contribution in [-0.2, 0) is 9.53 Å². The van der Waals surface area contributed by atoms with Crippen LogP contribution >= 0.6 is 0 Å². The van der Waals surface area contributed by atoms with Gasteiger partial charge >= 0.3 is 0 Å². The maximum atomic E-state index is 11.7. The van der Waals surface area contributed by atoms with Crippen molar-refractivity contribution in [2.75, 3.05) is 13.2 Å². The Hall–Kier alpha value is -0.610. The lowest BCUT2D eigenvalue weighted by Crippen LogP contribution is -2.48. The van der Waals surface area contributed by atoms with Gasteiger partial charge in [0.2, 0.25) is 5.91 Å². The lowest BCUT2D eigenvalue weighted by Gasteiger charge is -2.39. The monoisotopic (exact) mass is 241 g/mol. The fourth-order valence-electron chi connectivity index (χ4n) is 2.72. The molecule has 0 bridgehead atoms. The summed E-state index contributed by atoms with van der Waals surface area (Å²) in [7, 11) is 0. The molecule has 0 aromatic heterocycles. The van der Waals surface area contributed by atoms with Crippen LogP contribution in [-0.4, -0.2) is 35.9 Å². The molecular weight excluding hydrogens is 218 g/mol. The number of nitrogens with one attached hydrogen (secondary N) is 1. The predicted octanol–water partition coefficient (Wildman–Crippen LogP) is 1.22. The van der Waals surface area contributed by atoms with Crippen LogP contribution in [0.4, 0.5) is 0 Å². The number of hydrogen-bond acceptors (Lipinski definition) is 3. The molecule has 17 heavy (non-hydrogen) atoms. The molecule has 1 aliphatic heterocycles. The van der Waals surface area contributed by atoms with Gasteiger partial charge in [0.15, 0.2) is 0 Å². The van der Waals surface area contributed by atoms with Gasteiger partial charge in [0.25, 0.3) is 0 Å². The van der Waals surface area contributed by atoms with Crippen LogP contribution in [0.1, 0.15) is 45.4 Å². The Balaban J connectivity index is 1.57. The maximum Gasteiger partial charge on any atom is 0.223 e. The highest BCUT2D eigenvalue weighted by Crippen LogP contribution is 2.37. The second-order valence-electron chi connectivity index (χ2n) is 5.67. The van der Waals surface area contributed by atoms with E-state index in [4.69, 9.17) is 4.74 Å². The third kappa shape index (κ3) is 3.68. The fraction of sp³-hybridized carbons (Fsp3) is 0.923. The van der Waals surface area contributed by atoms with Crippen molar-refractivity contribution < 1.29 is 14.6 Å². The zero-order valence-electron chi connectivity index (χ0n) is 10.6. The van der Waals surface area contributed by atoms with Gasteiger partial charge in [-0.05, 0) is 45.4 Å². The van der Waals surface area contributed by atoms with Crippen molar-refractivity contribution in [3.63, 3.8) is 0 Å². The zero-order chi connectivity index (χ0) is 12.3. The average Bonchev–Trinajstić information content (AvgIpc) is 2.27. The number of ether oxygens (including phenoxy) is 1. The van der Waals surface area contributed by atoms with E-state index in [1.807, 2.05) is 0 Å². The number of hydrogen-bond donors (Lipinski definition) is 2. The molecule has 1 atom stereocenters. The van der Waals surface area contributed by atoms with Crippen LogP contribution in [0.15, 0.2) is 0 Å². The second kappa shape index (κ2) is 5.36. The number of carbonyl (C=O) groups excluding carboxylic acids is 1. The van der Waals surface area contributed by atoms with Gasteiger partial charge in [-0.2, -0.15) is 0 Å². The standard InChI is InChI=1S/C13H23NO3/c1-13(16)8-10(9-13)12(15)14-6-5-11-4-2-3-7-17-11/h10-11,16H,2-9H2,1H3,(H,14,15). The second-order valence-corrected chi connectivity index (χ2v) is 5.67. The summed E-state index contributed by atoms with van der Waals surface area (Å²) < 4.78 is 5.60. The van der Waals surface area contributed by atoms with Crippen molar-refractivity contribution >= 4 is 5.91 Å². The normalized spacial score (nSPS) is 37.3. The van der Waals surface area contributed by atoms with Crippen molar-refractivity contribution in [1.29, 1.82) is 0 Å². The predicted molar refractivity (Wildman–Crippen MR) is 64.6 cm³/mol. The Kier molecular flexibility index (Phi) is 4.05. The Morgan fingerprint density at radius 3 is 2.82 bits per heavy atom. The minimum atomic E-state index is -0.617. The molecule has 0 spiro atoms. The van der Waals surface area contributed by atoms with Crippen LogP contribution in [0, 0.1) is 5.92 Å². The third-order valence-electron chi connectivity index (χ3n) is 3.78. The molecule has 2 aliphatic rings. The molecule has 2 N–H and O–H groups in total. The maximum absolute atomic E-state index is 11.7. The SMILES string of the molecule is CC1(O)CC(C(=O)NCCC2CCCCO2)C1. The first-order valence-electron chi connectivity index (χ1n) is 6.68. The molecule has 4 heteroatoms. The fourth-order valence-corrected chi connectivity index (χ4v) is 2.72. The number of carbonyl (C=O) groups is 1. The molecule has 2 rings (SSSR count). The van der Waals surface area contributed by atoms with Gasteiger partial charge < -0.3 is 15.2 Å². The highest BCUT2D eigenvalue weighted by atomic mass is 16.5. The molecule has 4 nitrogen and oxygen atoms in total. The lowest BCUT2D eigenvalue weighted by atomic mass is 9.72. The van der Waals surface area contributed by atoms with Crippen molar-refractivity contribution in [2.24, 2.45) is 5.92 Å². The Labute approximate surface area is 103 Å². The van der Waals surface area contributed by atoms with Crippen LogP contribution in [0.25, 0.3) is 0 Å². The molecule has 1 unspecified atom stereocenters. The molecular formula is C13H23NO3. The van der Waals surface area contributed by atoms with E-state index in [2.05, 4.69) is 5.32 Å². The van der Waals surface area contributed by atoms with Gasteiger partial charge in [-0.15, -0.1) is 0 Å². The van der Waals surface area contributed by atoms with Gasteiger partial charge in [0.1, 0.15) is 0 Å². The Morgan fingerprint density at radius 1 is 1.47 bits per heavy atom. The van der Waals surface area contributed by atoms with E-state index in [-0.39, 0.29) is 11.8 Å². The number of amides is 1. The quantitative estimate of drug-likeness (QED) is 0.778. The highest BCUT2D eigenvalue weighted by molar-refractivity contribution is 5.79. The molecule has 1 aliphatic carbocycles. The van der Waals surface area contributed by atoms with Crippen LogP contribution in [0.5, 0.6) is 0 Å². The Morgan fingerprint density at radius 2 is 2.24 bits per heavy atom. The zero-order valence-corrected chi connectivity index (χ0v) is 10.6. The van der Waals surface area contributed by atoms with Crippen molar-refractivity contribution in [3.8, 4) is 0 Å². The van der Waals surface area contributed by atoms with E-state index in [9.17, 15) is 9.90 Å². The molecule has 0 aromatic carbocycles. The van der Waals surface area contributed by atoms with E-state index in [0.29, 0.717) is 25.5 Å². The summed E-state index contributed by atoms with van der Waals surface area (Å²) >= 11 is 0. The van der Waals surface area contributed by atoms with Crippen molar-refractivity contribution in [3.05, 3.63) is 0 Å². The average molecular weight is 241 g/mol. The summed E-state index contributed by atoms with van der Waals surface area (Å²) in [6.45, 7) is 3.35. The van der Waals surface area contributed by atoms with Gasteiger partial charge in [-0.25, -0.2) is 0 Å². The van der Waals surface area contributed by atoms with Gasteiger partial charge in [0, 0.05) is 19.1 Å². The minimum absolute atomic E-state index is 0.0114. The van der Waals surface area contributed by atoms with Crippen LogP contribution in [0.2, 0.25) is 0 Å². The van der Waals surface area contributed by atoms with E-state index in [1.165, 1.54) is 12.8 Å². The van der Waals surface area contributed by atoms with E-state index in [0.717, 1.165) is 19.4 Å². The summed E-state index contributed by atoms with van der Waals surface area (Å²) in [6, 6.07) is 0. The summed E-state index contributed by atoms with van der Waals surface area (Å²) in [5, 5.41) is 12.5. The summed E-state index contributed by atoms with van der Waals surface area (Å²) in [6.07, 6.45) is 5.96. The first kappa shape index (κ1) is 12.8. The number of aliphatic hydroxyl groups is 1. The van der Waals surface area contributed by atoms with Gasteiger partial charge in [-0.3, -0.25) is 4.79 Å². The van der Waals surface area contributed by atoms with Gasteiger partial charge in [0.05, 0.1) is 11.7 Å². The first-order valence-corrected chi connectivity index (χ1v) is 6.68. The molecule has 98 valence electrons. The molecule has 1 heterocycles. The highest BCUT2D eigenvalue weighted by Gasteiger charge is 2.42. The molecule has 0 radical (unpaired) electrons. The van der Waals surface area contributed by atoms with Crippen molar-refractivity contribution in [2.45, 2.75) is 57.2 Å².